The van der Waals surface area contributed by atoms with Crippen molar-refractivity contribution < 1.29 is 9.26 Å². The van der Waals surface area contributed by atoms with Crippen LogP contribution in [0.5, 0.6) is 5.75 Å². The zero-order valence-corrected chi connectivity index (χ0v) is 12.0. The Morgan fingerprint density at radius 2 is 1.76 bits per heavy atom. The molecule has 0 bridgehead atoms. The summed E-state index contributed by atoms with van der Waals surface area (Å²) in [6.45, 7) is 2.03. The minimum Gasteiger partial charge on any atom is -0.497 e. The van der Waals surface area contributed by atoms with Crippen LogP contribution in [0.1, 0.15) is 5.56 Å². The van der Waals surface area contributed by atoms with Crippen LogP contribution in [0.15, 0.2) is 53.1 Å². The largest absolute Gasteiger partial charge is 0.497 e. The summed E-state index contributed by atoms with van der Waals surface area (Å²) in [5.74, 6) is 1.88. The first kappa shape index (κ1) is 13.2. The minimum atomic E-state index is 0.387. The second-order valence-corrected chi connectivity index (χ2v) is 4.82. The number of nitrogens with zero attached hydrogens (tertiary/aromatic N) is 1. The number of nitrogens with two attached hydrogens (primary N) is 1. The molecule has 0 amide bonds. The first-order valence-electron chi connectivity index (χ1n) is 6.66. The number of aryl methyl sites for hydroxylation is 1. The normalized spacial score (nSPS) is 10.6. The zero-order valence-electron chi connectivity index (χ0n) is 12.0. The van der Waals surface area contributed by atoms with Crippen molar-refractivity contribution >= 4 is 5.82 Å². The third-order valence-electron chi connectivity index (χ3n) is 3.49. The van der Waals surface area contributed by atoms with Crippen molar-refractivity contribution in [1.82, 2.24) is 5.16 Å². The lowest BCUT2D eigenvalue weighted by Gasteiger charge is -2.06. The molecule has 1 aromatic heterocycles. The lowest BCUT2D eigenvalue weighted by Crippen LogP contribution is -1.90. The van der Waals surface area contributed by atoms with E-state index in [0.717, 1.165) is 28.0 Å². The maximum Gasteiger partial charge on any atom is 0.177 e. The topological polar surface area (TPSA) is 61.3 Å². The molecular weight excluding hydrogens is 264 g/mol. The highest BCUT2D eigenvalue weighted by atomic mass is 16.5. The van der Waals surface area contributed by atoms with Gasteiger partial charge in [0.15, 0.2) is 11.6 Å². The van der Waals surface area contributed by atoms with Gasteiger partial charge in [0, 0.05) is 5.56 Å². The molecule has 4 heteroatoms. The molecule has 4 nitrogen and oxygen atoms in total. The summed E-state index contributed by atoms with van der Waals surface area (Å²) in [5.41, 5.74) is 9.87. The average molecular weight is 280 g/mol. The van der Waals surface area contributed by atoms with E-state index in [1.165, 1.54) is 0 Å². The molecule has 0 saturated carbocycles. The van der Waals surface area contributed by atoms with Gasteiger partial charge in [-0.15, -0.1) is 0 Å². The second-order valence-electron chi connectivity index (χ2n) is 4.82. The van der Waals surface area contributed by atoms with Crippen LogP contribution in [-0.4, -0.2) is 12.3 Å². The number of anilines is 1. The summed E-state index contributed by atoms with van der Waals surface area (Å²) < 4.78 is 10.6. The molecule has 0 spiro atoms. The first-order valence-corrected chi connectivity index (χ1v) is 6.66. The van der Waals surface area contributed by atoms with E-state index in [-0.39, 0.29) is 0 Å². The van der Waals surface area contributed by atoms with E-state index >= 15 is 0 Å². The SMILES string of the molecule is COc1ccc(-c2c(N)noc2-c2ccccc2C)cc1. The number of benzene rings is 2. The summed E-state index contributed by atoms with van der Waals surface area (Å²) in [6, 6.07) is 15.7. The van der Waals surface area contributed by atoms with Crippen LogP contribution in [0, 0.1) is 6.92 Å². The molecule has 0 aliphatic carbocycles. The van der Waals surface area contributed by atoms with Gasteiger partial charge >= 0.3 is 0 Å². The highest BCUT2D eigenvalue weighted by Crippen LogP contribution is 2.38. The molecule has 2 aromatic carbocycles. The van der Waals surface area contributed by atoms with Crippen molar-refractivity contribution in [3.8, 4) is 28.2 Å². The van der Waals surface area contributed by atoms with Gasteiger partial charge in [-0.1, -0.05) is 41.6 Å². The Balaban J connectivity index is 2.15. The monoisotopic (exact) mass is 280 g/mol. The zero-order chi connectivity index (χ0) is 14.8. The Hall–Kier alpha value is -2.75. The minimum absolute atomic E-state index is 0.387. The van der Waals surface area contributed by atoms with Crippen LogP contribution in [0.25, 0.3) is 22.5 Å². The van der Waals surface area contributed by atoms with Gasteiger partial charge in [0.25, 0.3) is 0 Å². The molecule has 106 valence electrons. The summed E-state index contributed by atoms with van der Waals surface area (Å²) in [7, 11) is 1.64. The number of methoxy groups -OCH3 is 1. The maximum atomic E-state index is 6.00. The second kappa shape index (κ2) is 5.32. The quantitative estimate of drug-likeness (QED) is 0.790. The maximum absolute atomic E-state index is 6.00. The Morgan fingerprint density at radius 3 is 2.43 bits per heavy atom. The molecule has 0 aliphatic heterocycles. The number of hydrogen-bond donors (Lipinski definition) is 1. The molecule has 3 aromatic rings. The number of rotatable bonds is 3. The number of aromatic nitrogens is 1. The van der Waals surface area contributed by atoms with Gasteiger partial charge in [-0.2, -0.15) is 0 Å². The van der Waals surface area contributed by atoms with Crippen molar-refractivity contribution in [2.24, 2.45) is 0 Å². The Morgan fingerprint density at radius 1 is 1.05 bits per heavy atom. The molecule has 0 atom stereocenters. The van der Waals surface area contributed by atoms with Gasteiger partial charge in [-0.05, 0) is 30.2 Å². The molecule has 0 fully saturated rings. The fourth-order valence-corrected chi connectivity index (χ4v) is 2.35. The van der Waals surface area contributed by atoms with E-state index in [0.29, 0.717) is 11.6 Å². The molecule has 1 heterocycles. The molecule has 21 heavy (non-hydrogen) atoms. The molecule has 0 radical (unpaired) electrons. The highest BCUT2D eigenvalue weighted by Gasteiger charge is 2.18. The van der Waals surface area contributed by atoms with Gasteiger partial charge < -0.3 is 15.0 Å². The Labute approximate surface area is 123 Å². The summed E-state index contributed by atoms with van der Waals surface area (Å²) in [6.07, 6.45) is 0. The average Bonchev–Trinajstić information content (AvgIpc) is 2.89. The lowest BCUT2D eigenvalue weighted by molar-refractivity contribution is 0.415. The summed E-state index contributed by atoms with van der Waals surface area (Å²) in [5, 5.41) is 3.92. The van der Waals surface area contributed by atoms with Gasteiger partial charge in [-0.3, -0.25) is 0 Å². The van der Waals surface area contributed by atoms with Crippen LogP contribution in [0.2, 0.25) is 0 Å². The van der Waals surface area contributed by atoms with E-state index in [1.54, 1.807) is 7.11 Å². The Bertz CT molecular complexity index is 761. The van der Waals surface area contributed by atoms with E-state index < -0.39 is 0 Å². The third kappa shape index (κ3) is 2.36. The predicted octanol–water partition coefficient (Wildman–Crippen LogP) is 3.91. The van der Waals surface area contributed by atoms with Crippen molar-refractivity contribution in [2.45, 2.75) is 6.92 Å². The van der Waals surface area contributed by atoms with Crippen LogP contribution in [0.3, 0.4) is 0 Å². The highest BCUT2D eigenvalue weighted by molar-refractivity contribution is 5.87. The van der Waals surface area contributed by atoms with Crippen molar-refractivity contribution in [2.75, 3.05) is 12.8 Å². The van der Waals surface area contributed by atoms with Crippen LogP contribution in [-0.2, 0) is 0 Å². The van der Waals surface area contributed by atoms with Gasteiger partial charge in [-0.25, -0.2) is 0 Å². The predicted molar refractivity (Wildman–Crippen MR) is 83.1 cm³/mol. The lowest BCUT2D eigenvalue weighted by atomic mass is 9.99. The fraction of sp³-hybridized carbons (Fsp3) is 0.118. The number of hydrogen-bond acceptors (Lipinski definition) is 4. The van der Waals surface area contributed by atoms with Crippen LogP contribution in [0.4, 0.5) is 5.82 Å². The smallest absolute Gasteiger partial charge is 0.177 e. The molecule has 0 unspecified atom stereocenters. The summed E-state index contributed by atoms with van der Waals surface area (Å²) >= 11 is 0. The van der Waals surface area contributed by atoms with Crippen molar-refractivity contribution in [3.05, 3.63) is 54.1 Å². The van der Waals surface area contributed by atoms with Crippen LogP contribution >= 0.6 is 0 Å². The molecule has 3 rings (SSSR count). The molecule has 0 aliphatic rings. The van der Waals surface area contributed by atoms with Gasteiger partial charge in [0.1, 0.15) is 5.75 Å². The fourth-order valence-electron chi connectivity index (χ4n) is 2.35. The summed E-state index contributed by atoms with van der Waals surface area (Å²) in [4.78, 5) is 0. The standard InChI is InChI=1S/C17H16N2O2/c1-11-5-3-4-6-14(11)16-15(17(18)19-21-16)12-7-9-13(20-2)10-8-12/h3-10H,1-2H3,(H2,18,19). The number of nitrogen functional groups attached to an aromatic ring is 1. The Kier molecular flexibility index (Phi) is 3.36. The van der Waals surface area contributed by atoms with Crippen LogP contribution < -0.4 is 10.5 Å². The van der Waals surface area contributed by atoms with Gasteiger partial charge in [0.05, 0.1) is 12.7 Å². The van der Waals surface area contributed by atoms with E-state index in [4.69, 9.17) is 15.0 Å². The van der Waals surface area contributed by atoms with E-state index in [2.05, 4.69) is 5.16 Å². The molecular formula is C17H16N2O2. The van der Waals surface area contributed by atoms with E-state index in [1.807, 2.05) is 55.5 Å². The first-order chi connectivity index (χ1) is 10.2. The molecule has 2 N–H and O–H groups in total. The van der Waals surface area contributed by atoms with Crippen molar-refractivity contribution in [3.63, 3.8) is 0 Å². The third-order valence-corrected chi connectivity index (χ3v) is 3.49. The molecule has 0 saturated heterocycles. The van der Waals surface area contributed by atoms with Gasteiger partial charge in [0.2, 0.25) is 0 Å². The van der Waals surface area contributed by atoms with E-state index in [9.17, 15) is 0 Å². The number of ether oxygens (including phenoxy) is 1. The van der Waals surface area contributed by atoms with Crippen molar-refractivity contribution in [1.29, 1.82) is 0 Å².